The molecule has 0 aliphatic heterocycles. The van der Waals surface area contributed by atoms with Crippen molar-refractivity contribution in [3.05, 3.63) is 29.3 Å². The quantitative estimate of drug-likeness (QED) is 0.589. The summed E-state index contributed by atoms with van der Waals surface area (Å²) in [5, 5.41) is 20.5. The highest BCUT2D eigenvalue weighted by Gasteiger charge is 2.08. The van der Waals surface area contributed by atoms with Gasteiger partial charge in [-0.2, -0.15) is 0 Å². The van der Waals surface area contributed by atoms with E-state index >= 15 is 0 Å². The van der Waals surface area contributed by atoms with Crippen LogP contribution >= 0.6 is 0 Å². The number of hydrogen-bond acceptors (Lipinski definition) is 5. The minimum Gasteiger partial charge on any atom is -0.496 e. The van der Waals surface area contributed by atoms with Crippen LogP contribution in [0.5, 0.6) is 5.75 Å². The Morgan fingerprint density at radius 3 is 2.76 bits per heavy atom. The first-order chi connectivity index (χ1) is 10.1. The fraction of sp³-hybridized carbons (Fsp3) is 0.533. The van der Waals surface area contributed by atoms with Crippen molar-refractivity contribution in [2.75, 3.05) is 33.4 Å². The van der Waals surface area contributed by atoms with Crippen LogP contribution in [0.25, 0.3) is 0 Å². The van der Waals surface area contributed by atoms with Gasteiger partial charge in [-0.15, -0.1) is 0 Å². The second-order valence-corrected chi connectivity index (χ2v) is 4.74. The van der Waals surface area contributed by atoms with Crippen molar-refractivity contribution >= 4 is 5.97 Å². The molecular formula is C15H24N2O4. The molecule has 1 rings (SSSR count). The first-order valence-corrected chi connectivity index (χ1v) is 7.02. The molecule has 0 aliphatic carbocycles. The molecule has 0 aliphatic rings. The van der Waals surface area contributed by atoms with Crippen molar-refractivity contribution in [2.24, 2.45) is 0 Å². The zero-order chi connectivity index (χ0) is 15.7. The van der Waals surface area contributed by atoms with Crippen LogP contribution in [-0.4, -0.2) is 54.4 Å². The van der Waals surface area contributed by atoms with Gasteiger partial charge in [-0.3, -0.25) is 9.69 Å². The highest BCUT2D eigenvalue weighted by molar-refractivity contribution is 5.69. The number of ether oxygens (including phenoxy) is 1. The monoisotopic (exact) mass is 296 g/mol. The molecule has 6 heteroatoms. The Bertz CT molecular complexity index is 451. The number of aliphatic hydroxyl groups excluding tert-OH is 1. The Morgan fingerprint density at radius 1 is 1.43 bits per heavy atom. The summed E-state index contributed by atoms with van der Waals surface area (Å²) in [7, 11) is 1.60. The summed E-state index contributed by atoms with van der Waals surface area (Å²) in [6.07, 6.45) is 0. The normalized spacial score (nSPS) is 10.9. The number of aliphatic carboxylic acids is 1. The van der Waals surface area contributed by atoms with Gasteiger partial charge in [-0.1, -0.05) is 19.1 Å². The minimum absolute atomic E-state index is 0.0784. The van der Waals surface area contributed by atoms with Gasteiger partial charge in [0.15, 0.2) is 0 Å². The largest absolute Gasteiger partial charge is 0.496 e. The summed E-state index contributed by atoms with van der Waals surface area (Å²) in [6, 6.07) is 5.90. The molecule has 6 nitrogen and oxygen atoms in total. The molecule has 118 valence electrons. The van der Waals surface area contributed by atoms with E-state index in [0.717, 1.165) is 30.0 Å². The molecule has 0 fully saturated rings. The molecule has 0 saturated heterocycles. The average Bonchev–Trinajstić information content (AvgIpc) is 2.47. The molecule has 0 unspecified atom stereocenters. The lowest BCUT2D eigenvalue weighted by atomic mass is 10.1. The van der Waals surface area contributed by atoms with Gasteiger partial charge in [-0.25, -0.2) is 0 Å². The van der Waals surface area contributed by atoms with E-state index in [9.17, 15) is 4.79 Å². The second-order valence-electron chi connectivity index (χ2n) is 4.74. The Labute approximate surface area is 125 Å². The molecule has 21 heavy (non-hydrogen) atoms. The Kier molecular flexibility index (Phi) is 7.74. The molecule has 0 radical (unpaired) electrons. The van der Waals surface area contributed by atoms with Crippen LogP contribution < -0.4 is 10.1 Å². The molecule has 0 aromatic heterocycles. The number of carbonyl (C=O) groups is 1. The third kappa shape index (κ3) is 6.12. The van der Waals surface area contributed by atoms with E-state index in [1.165, 1.54) is 0 Å². The number of nitrogens with zero attached hydrogens (tertiary/aromatic N) is 1. The van der Waals surface area contributed by atoms with E-state index in [1.54, 1.807) is 7.11 Å². The fourth-order valence-electron chi connectivity index (χ4n) is 2.09. The van der Waals surface area contributed by atoms with Crippen LogP contribution in [0.3, 0.4) is 0 Å². The molecule has 0 atom stereocenters. The Hall–Kier alpha value is -1.63. The zero-order valence-electron chi connectivity index (χ0n) is 12.6. The molecule has 3 N–H and O–H groups in total. The summed E-state index contributed by atoms with van der Waals surface area (Å²) in [4.78, 5) is 12.6. The fourth-order valence-corrected chi connectivity index (χ4v) is 2.09. The maximum atomic E-state index is 10.5. The lowest BCUT2D eigenvalue weighted by Crippen LogP contribution is -2.26. The topological polar surface area (TPSA) is 82.0 Å². The molecule has 0 amide bonds. The molecule has 0 heterocycles. The standard InChI is InChI=1S/C15H24N2O4/c1-3-17(6-7-18)11-12-4-5-13(14(8-12)21-2)9-16-10-15(19)20/h4-5,8,16,18H,3,6-7,9-11H2,1-2H3,(H,19,20). The maximum Gasteiger partial charge on any atom is 0.317 e. The summed E-state index contributed by atoms with van der Waals surface area (Å²) in [5.74, 6) is -0.140. The number of carboxylic acids is 1. The van der Waals surface area contributed by atoms with Crippen LogP contribution in [0, 0.1) is 0 Å². The van der Waals surface area contributed by atoms with Gasteiger partial charge in [0, 0.05) is 25.2 Å². The number of rotatable bonds is 10. The number of nitrogens with one attached hydrogen (secondary N) is 1. The predicted octanol–water partition coefficient (Wildman–Crippen LogP) is 0.684. The van der Waals surface area contributed by atoms with Crippen molar-refractivity contribution in [2.45, 2.75) is 20.0 Å². The molecule has 1 aromatic rings. The number of hydrogen-bond donors (Lipinski definition) is 3. The SMILES string of the molecule is CCN(CCO)Cc1ccc(CNCC(=O)O)c(OC)c1. The first-order valence-electron chi connectivity index (χ1n) is 7.02. The van der Waals surface area contributed by atoms with Crippen molar-refractivity contribution in [1.82, 2.24) is 10.2 Å². The maximum absolute atomic E-state index is 10.5. The van der Waals surface area contributed by atoms with Crippen LogP contribution in [0.15, 0.2) is 18.2 Å². The summed E-state index contributed by atoms with van der Waals surface area (Å²) < 4.78 is 5.36. The first kappa shape index (κ1) is 17.4. The highest BCUT2D eigenvalue weighted by atomic mass is 16.5. The van der Waals surface area contributed by atoms with Crippen molar-refractivity contribution in [1.29, 1.82) is 0 Å². The molecule has 0 spiro atoms. The number of carboxylic acid groups (broad SMARTS) is 1. The van der Waals surface area contributed by atoms with E-state index < -0.39 is 5.97 Å². The van der Waals surface area contributed by atoms with Crippen LogP contribution in [0.2, 0.25) is 0 Å². The lowest BCUT2D eigenvalue weighted by molar-refractivity contribution is -0.136. The summed E-state index contributed by atoms with van der Waals surface area (Å²) in [6.45, 7) is 4.82. The number of aliphatic hydroxyl groups is 1. The van der Waals surface area contributed by atoms with E-state index in [2.05, 4.69) is 17.1 Å². The molecule has 1 aromatic carbocycles. The highest BCUT2D eigenvalue weighted by Crippen LogP contribution is 2.21. The number of benzene rings is 1. The lowest BCUT2D eigenvalue weighted by Gasteiger charge is -2.20. The molecule has 0 saturated carbocycles. The van der Waals surface area contributed by atoms with Gasteiger partial charge in [0.1, 0.15) is 5.75 Å². The second kappa shape index (κ2) is 9.33. The number of methoxy groups -OCH3 is 1. The van der Waals surface area contributed by atoms with Crippen molar-refractivity contribution < 1.29 is 19.7 Å². The van der Waals surface area contributed by atoms with E-state index in [-0.39, 0.29) is 13.2 Å². The van der Waals surface area contributed by atoms with Gasteiger partial charge in [0.25, 0.3) is 0 Å². The molecular weight excluding hydrogens is 272 g/mol. The van der Waals surface area contributed by atoms with Crippen LogP contribution in [0.4, 0.5) is 0 Å². The number of likely N-dealkylation sites (N-methyl/N-ethyl adjacent to an activating group) is 1. The third-order valence-electron chi connectivity index (χ3n) is 3.21. The van der Waals surface area contributed by atoms with Gasteiger partial charge < -0.3 is 20.3 Å². The smallest absolute Gasteiger partial charge is 0.317 e. The van der Waals surface area contributed by atoms with Crippen LogP contribution in [-0.2, 0) is 17.9 Å². The zero-order valence-corrected chi connectivity index (χ0v) is 12.6. The van der Waals surface area contributed by atoms with Gasteiger partial charge in [0.05, 0.1) is 20.3 Å². The summed E-state index contributed by atoms with van der Waals surface area (Å²) in [5.41, 5.74) is 2.02. The van der Waals surface area contributed by atoms with E-state index in [0.29, 0.717) is 13.1 Å². The average molecular weight is 296 g/mol. The van der Waals surface area contributed by atoms with E-state index in [4.69, 9.17) is 14.9 Å². The Morgan fingerprint density at radius 2 is 2.19 bits per heavy atom. The molecule has 0 bridgehead atoms. The summed E-state index contributed by atoms with van der Waals surface area (Å²) >= 11 is 0. The third-order valence-corrected chi connectivity index (χ3v) is 3.21. The van der Waals surface area contributed by atoms with Gasteiger partial charge >= 0.3 is 5.97 Å². The van der Waals surface area contributed by atoms with E-state index in [1.807, 2.05) is 18.2 Å². The van der Waals surface area contributed by atoms with Gasteiger partial charge in [-0.05, 0) is 18.2 Å². The predicted molar refractivity (Wildman–Crippen MR) is 80.4 cm³/mol. The minimum atomic E-state index is -0.881. The van der Waals surface area contributed by atoms with Crippen LogP contribution in [0.1, 0.15) is 18.1 Å². The Balaban J connectivity index is 2.70. The van der Waals surface area contributed by atoms with Crippen molar-refractivity contribution in [3.63, 3.8) is 0 Å². The van der Waals surface area contributed by atoms with Crippen molar-refractivity contribution in [3.8, 4) is 5.75 Å². The van der Waals surface area contributed by atoms with Gasteiger partial charge in [0.2, 0.25) is 0 Å².